The maximum atomic E-state index is 11.9. The van der Waals surface area contributed by atoms with Gasteiger partial charge in [0.1, 0.15) is 0 Å². The van der Waals surface area contributed by atoms with Crippen LogP contribution in [-0.4, -0.2) is 17.8 Å². The quantitative estimate of drug-likeness (QED) is 0.802. The predicted molar refractivity (Wildman–Crippen MR) is 70.6 cm³/mol. The van der Waals surface area contributed by atoms with E-state index < -0.39 is 5.51 Å². The van der Waals surface area contributed by atoms with Crippen molar-refractivity contribution in [3.63, 3.8) is 0 Å². The van der Waals surface area contributed by atoms with E-state index in [1.165, 1.54) is 0 Å². The first kappa shape index (κ1) is 14.7. The van der Waals surface area contributed by atoms with Gasteiger partial charge in [0.2, 0.25) is 0 Å². The van der Waals surface area contributed by atoms with Gasteiger partial charge in [0, 0.05) is 22.5 Å². The zero-order valence-electron chi connectivity index (χ0n) is 9.49. The number of hydrogen-bond acceptors (Lipinski definition) is 2. The topological polar surface area (TPSA) is 12.0 Å². The van der Waals surface area contributed by atoms with Crippen LogP contribution >= 0.6 is 27.7 Å². The molecule has 0 saturated heterocycles. The second-order valence-corrected chi connectivity index (χ2v) is 5.60. The molecular formula is C11H13BrF3NS. The standard InChI is InChI=1S/C11H13BrF3NS/c1-7-5-9(6-8(2)10(7)12)16-3-4-17-11(13,14)15/h5-6,16H,3-4H2,1-2H3. The highest BCUT2D eigenvalue weighted by atomic mass is 79.9. The van der Waals surface area contributed by atoms with Crippen molar-refractivity contribution in [3.8, 4) is 0 Å². The molecule has 0 amide bonds. The van der Waals surface area contributed by atoms with Gasteiger partial charge in [-0.25, -0.2) is 0 Å². The molecule has 0 spiro atoms. The van der Waals surface area contributed by atoms with Crippen molar-refractivity contribution in [2.45, 2.75) is 19.4 Å². The Morgan fingerprint density at radius 3 is 2.24 bits per heavy atom. The summed E-state index contributed by atoms with van der Waals surface area (Å²) >= 11 is 3.43. The SMILES string of the molecule is Cc1cc(NCCSC(F)(F)F)cc(C)c1Br. The minimum Gasteiger partial charge on any atom is -0.384 e. The van der Waals surface area contributed by atoms with E-state index in [4.69, 9.17) is 0 Å². The van der Waals surface area contributed by atoms with E-state index in [2.05, 4.69) is 21.2 Å². The highest BCUT2D eigenvalue weighted by Gasteiger charge is 2.27. The highest BCUT2D eigenvalue weighted by Crippen LogP contribution is 2.30. The molecule has 0 unspecified atom stereocenters. The first-order valence-corrected chi connectivity index (χ1v) is 6.79. The van der Waals surface area contributed by atoms with Gasteiger partial charge in [0.05, 0.1) is 0 Å². The molecule has 0 aliphatic carbocycles. The van der Waals surface area contributed by atoms with E-state index >= 15 is 0 Å². The van der Waals surface area contributed by atoms with Crippen molar-refractivity contribution < 1.29 is 13.2 Å². The molecule has 0 aliphatic heterocycles. The van der Waals surface area contributed by atoms with Crippen LogP contribution < -0.4 is 5.32 Å². The number of aryl methyl sites for hydroxylation is 2. The third kappa shape index (κ3) is 5.21. The molecular weight excluding hydrogens is 315 g/mol. The van der Waals surface area contributed by atoms with E-state index in [-0.39, 0.29) is 17.5 Å². The fourth-order valence-corrected chi connectivity index (χ4v) is 2.07. The average Bonchev–Trinajstić information content (AvgIpc) is 2.19. The fraction of sp³-hybridized carbons (Fsp3) is 0.455. The first-order chi connectivity index (χ1) is 7.79. The Morgan fingerprint density at radius 1 is 1.24 bits per heavy atom. The maximum Gasteiger partial charge on any atom is 0.441 e. The number of benzene rings is 1. The van der Waals surface area contributed by atoms with E-state index in [1.54, 1.807) is 0 Å². The van der Waals surface area contributed by atoms with Crippen molar-refractivity contribution in [1.82, 2.24) is 0 Å². The van der Waals surface area contributed by atoms with Crippen molar-refractivity contribution in [2.24, 2.45) is 0 Å². The van der Waals surface area contributed by atoms with Crippen LogP contribution in [-0.2, 0) is 0 Å². The van der Waals surface area contributed by atoms with E-state index in [9.17, 15) is 13.2 Å². The van der Waals surface area contributed by atoms with Crippen LogP contribution in [0.1, 0.15) is 11.1 Å². The number of nitrogens with one attached hydrogen (secondary N) is 1. The van der Waals surface area contributed by atoms with Crippen LogP contribution in [0.3, 0.4) is 0 Å². The lowest BCUT2D eigenvalue weighted by Crippen LogP contribution is -2.09. The number of rotatable bonds is 4. The molecule has 0 aliphatic rings. The zero-order chi connectivity index (χ0) is 13.1. The van der Waals surface area contributed by atoms with Gasteiger partial charge < -0.3 is 5.32 Å². The lowest BCUT2D eigenvalue weighted by atomic mass is 10.1. The normalized spacial score (nSPS) is 11.6. The molecule has 96 valence electrons. The van der Waals surface area contributed by atoms with Crippen LogP contribution in [0.25, 0.3) is 0 Å². The molecule has 17 heavy (non-hydrogen) atoms. The number of anilines is 1. The molecule has 0 aromatic heterocycles. The van der Waals surface area contributed by atoms with E-state index in [0.717, 1.165) is 21.3 Å². The lowest BCUT2D eigenvalue weighted by molar-refractivity contribution is -0.0327. The van der Waals surface area contributed by atoms with Gasteiger partial charge in [0.25, 0.3) is 0 Å². The number of alkyl halides is 3. The summed E-state index contributed by atoms with van der Waals surface area (Å²) in [4.78, 5) is 0. The van der Waals surface area contributed by atoms with Crippen LogP contribution in [0, 0.1) is 13.8 Å². The Labute approximate surface area is 111 Å². The predicted octanol–water partition coefficient (Wildman–Crippen LogP) is 4.73. The van der Waals surface area contributed by atoms with Crippen molar-refractivity contribution in [1.29, 1.82) is 0 Å². The fourth-order valence-electron chi connectivity index (χ4n) is 1.41. The van der Waals surface area contributed by atoms with Gasteiger partial charge in [-0.15, -0.1) is 0 Å². The van der Waals surface area contributed by atoms with Gasteiger partial charge in [-0.05, 0) is 48.9 Å². The van der Waals surface area contributed by atoms with Crippen LogP contribution in [0.15, 0.2) is 16.6 Å². The molecule has 0 heterocycles. The monoisotopic (exact) mass is 327 g/mol. The molecule has 6 heteroatoms. The van der Waals surface area contributed by atoms with Crippen LogP contribution in [0.2, 0.25) is 0 Å². The second kappa shape index (κ2) is 6.00. The Kier molecular flexibility index (Phi) is 5.19. The summed E-state index contributed by atoms with van der Waals surface area (Å²) in [6.07, 6.45) is 0. The van der Waals surface area contributed by atoms with Gasteiger partial charge in [-0.3, -0.25) is 0 Å². The molecule has 1 aromatic carbocycles. The number of hydrogen-bond donors (Lipinski definition) is 1. The Bertz CT molecular complexity index is 370. The summed E-state index contributed by atoms with van der Waals surface area (Å²) in [5, 5.41) is 2.98. The third-order valence-corrected chi connectivity index (χ3v) is 4.12. The minimum absolute atomic E-state index is 0.00740. The summed E-state index contributed by atoms with van der Waals surface area (Å²) in [6, 6.07) is 3.82. The first-order valence-electron chi connectivity index (χ1n) is 5.01. The van der Waals surface area contributed by atoms with Crippen molar-refractivity contribution in [2.75, 3.05) is 17.6 Å². The van der Waals surface area contributed by atoms with Crippen molar-refractivity contribution >= 4 is 33.4 Å². The second-order valence-electron chi connectivity index (χ2n) is 3.65. The Balaban J connectivity index is 2.48. The average molecular weight is 328 g/mol. The number of thioether (sulfide) groups is 1. The smallest absolute Gasteiger partial charge is 0.384 e. The summed E-state index contributed by atoms with van der Waals surface area (Å²) in [5.41, 5.74) is -1.16. The van der Waals surface area contributed by atoms with E-state index in [0.29, 0.717) is 6.54 Å². The molecule has 1 aromatic rings. The minimum atomic E-state index is -4.15. The summed E-state index contributed by atoms with van der Waals surface area (Å²) < 4.78 is 36.7. The molecule has 0 bridgehead atoms. The van der Waals surface area contributed by atoms with Gasteiger partial charge in [0.15, 0.2) is 0 Å². The lowest BCUT2D eigenvalue weighted by Gasteiger charge is -2.11. The summed E-state index contributed by atoms with van der Waals surface area (Å²) in [7, 11) is 0. The maximum absolute atomic E-state index is 11.9. The zero-order valence-corrected chi connectivity index (χ0v) is 11.9. The summed E-state index contributed by atoms with van der Waals surface area (Å²) in [5.74, 6) is 0.0116. The Morgan fingerprint density at radius 2 is 1.76 bits per heavy atom. The van der Waals surface area contributed by atoms with Crippen LogP contribution in [0.5, 0.6) is 0 Å². The van der Waals surface area contributed by atoms with Gasteiger partial charge in [-0.2, -0.15) is 13.2 Å². The molecule has 1 N–H and O–H groups in total. The van der Waals surface area contributed by atoms with Gasteiger partial charge in [-0.1, -0.05) is 15.9 Å². The Hall–Kier alpha value is -0.360. The molecule has 1 rings (SSSR count). The van der Waals surface area contributed by atoms with Gasteiger partial charge >= 0.3 is 5.51 Å². The molecule has 0 atom stereocenters. The highest BCUT2D eigenvalue weighted by molar-refractivity contribution is 9.10. The third-order valence-electron chi connectivity index (χ3n) is 2.13. The molecule has 1 nitrogen and oxygen atoms in total. The number of halogens is 4. The molecule has 0 fully saturated rings. The largest absolute Gasteiger partial charge is 0.441 e. The van der Waals surface area contributed by atoms with Crippen LogP contribution in [0.4, 0.5) is 18.9 Å². The van der Waals surface area contributed by atoms with Crippen molar-refractivity contribution in [3.05, 3.63) is 27.7 Å². The summed E-state index contributed by atoms with van der Waals surface area (Å²) in [6.45, 7) is 4.20. The molecule has 0 saturated carbocycles. The molecule has 0 radical (unpaired) electrons. The van der Waals surface area contributed by atoms with E-state index in [1.807, 2.05) is 26.0 Å².